The van der Waals surface area contributed by atoms with Crippen LogP contribution in [-0.2, 0) is 13.2 Å². The average molecular weight is 335 g/mol. The Labute approximate surface area is 124 Å². The molecule has 2 rings (SSSR count). The van der Waals surface area contributed by atoms with Crippen molar-refractivity contribution in [3.05, 3.63) is 63.4 Å². The van der Waals surface area contributed by atoms with Gasteiger partial charge in [-0.3, -0.25) is 0 Å². The van der Waals surface area contributed by atoms with E-state index in [1.54, 1.807) is 18.2 Å². The van der Waals surface area contributed by atoms with Gasteiger partial charge in [0.2, 0.25) is 0 Å². The van der Waals surface area contributed by atoms with Gasteiger partial charge in [-0.15, -0.1) is 0 Å². The number of benzene rings is 2. The Morgan fingerprint density at radius 2 is 2.05 bits per heavy atom. The van der Waals surface area contributed by atoms with Crippen molar-refractivity contribution in [1.29, 1.82) is 5.26 Å². The SMILES string of the molecule is N#Cc1ccc(COc2ccc(CN)cc2Br)c(F)c1. The lowest BCUT2D eigenvalue weighted by atomic mass is 10.1. The first-order valence-electron chi connectivity index (χ1n) is 5.94. The molecule has 0 aliphatic heterocycles. The molecule has 0 radical (unpaired) electrons. The van der Waals surface area contributed by atoms with Crippen LogP contribution in [0.25, 0.3) is 0 Å². The zero-order valence-electron chi connectivity index (χ0n) is 10.6. The summed E-state index contributed by atoms with van der Waals surface area (Å²) in [6.07, 6.45) is 0. The molecule has 0 saturated carbocycles. The maximum Gasteiger partial charge on any atom is 0.134 e. The van der Waals surface area contributed by atoms with Crippen LogP contribution in [0.3, 0.4) is 0 Å². The Kier molecular flexibility index (Phi) is 4.72. The van der Waals surface area contributed by atoms with Gasteiger partial charge < -0.3 is 10.5 Å². The highest BCUT2D eigenvalue weighted by atomic mass is 79.9. The van der Waals surface area contributed by atoms with Gasteiger partial charge in [0.15, 0.2) is 0 Å². The Morgan fingerprint density at radius 1 is 1.25 bits per heavy atom. The second-order valence-electron chi connectivity index (χ2n) is 4.18. The van der Waals surface area contributed by atoms with Crippen LogP contribution in [0.2, 0.25) is 0 Å². The number of nitrogens with two attached hydrogens (primary N) is 1. The van der Waals surface area contributed by atoms with E-state index in [0.29, 0.717) is 23.4 Å². The summed E-state index contributed by atoms with van der Waals surface area (Å²) in [5, 5.41) is 8.68. The number of ether oxygens (including phenoxy) is 1. The summed E-state index contributed by atoms with van der Waals surface area (Å²) in [6, 6.07) is 11.7. The molecule has 0 atom stereocenters. The summed E-state index contributed by atoms with van der Waals surface area (Å²) in [5.41, 5.74) is 7.22. The molecule has 0 aliphatic rings. The fourth-order valence-corrected chi connectivity index (χ4v) is 2.22. The van der Waals surface area contributed by atoms with Gasteiger partial charge in [0.25, 0.3) is 0 Å². The maximum atomic E-state index is 13.7. The lowest BCUT2D eigenvalue weighted by Crippen LogP contribution is -2.01. The molecule has 20 heavy (non-hydrogen) atoms. The number of hydrogen-bond acceptors (Lipinski definition) is 3. The van der Waals surface area contributed by atoms with Crippen LogP contribution in [0.15, 0.2) is 40.9 Å². The number of halogens is 2. The highest BCUT2D eigenvalue weighted by molar-refractivity contribution is 9.10. The molecule has 0 fully saturated rings. The van der Waals surface area contributed by atoms with Crippen LogP contribution in [0.4, 0.5) is 4.39 Å². The number of nitrogens with zero attached hydrogens (tertiary/aromatic N) is 1. The number of nitriles is 1. The van der Waals surface area contributed by atoms with Gasteiger partial charge in [-0.2, -0.15) is 5.26 Å². The minimum atomic E-state index is -0.446. The number of hydrogen-bond donors (Lipinski definition) is 1. The van der Waals surface area contributed by atoms with Gasteiger partial charge in [-0.1, -0.05) is 12.1 Å². The molecule has 5 heteroatoms. The van der Waals surface area contributed by atoms with Crippen molar-refractivity contribution in [3.8, 4) is 11.8 Å². The van der Waals surface area contributed by atoms with Crippen molar-refractivity contribution in [2.24, 2.45) is 5.73 Å². The summed E-state index contributed by atoms with van der Waals surface area (Å²) in [4.78, 5) is 0. The molecular weight excluding hydrogens is 323 g/mol. The predicted octanol–water partition coefficient (Wildman–Crippen LogP) is 3.50. The monoisotopic (exact) mass is 334 g/mol. The molecule has 2 aromatic rings. The first-order valence-corrected chi connectivity index (χ1v) is 6.73. The lowest BCUT2D eigenvalue weighted by molar-refractivity contribution is 0.298. The molecule has 2 aromatic carbocycles. The van der Waals surface area contributed by atoms with Gasteiger partial charge in [0.05, 0.1) is 16.1 Å². The van der Waals surface area contributed by atoms with E-state index in [0.717, 1.165) is 10.0 Å². The summed E-state index contributed by atoms with van der Waals surface area (Å²) in [6.45, 7) is 0.543. The maximum absolute atomic E-state index is 13.7. The highest BCUT2D eigenvalue weighted by Gasteiger charge is 2.07. The molecule has 0 spiro atoms. The Balaban J connectivity index is 2.11. The Morgan fingerprint density at radius 3 is 2.65 bits per heavy atom. The van der Waals surface area contributed by atoms with Crippen LogP contribution < -0.4 is 10.5 Å². The predicted molar refractivity (Wildman–Crippen MR) is 77.5 cm³/mol. The van der Waals surface area contributed by atoms with E-state index < -0.39 is 5.82 Å². The largest absolute Gasteiger partial charge is 0.488 e. The Hall–Kier alpha value is -1.90. The molecule has 0 aromatic heterocycles. The standard InChI is InChI=1S/C15H12BrFN2O/c16-13-5-10(7-18)2-4-15(13)20-9-12-3-1-11(8-19)6-14(12)17/h1-6H,7,9,18H2. The Bertz CT molecular complexity index is 667. The molecule has 0 bridgehead atoms. The molecule has 0 heterocycles. The van der Waals surface area contributed by atoms with Crippen LogP contribution in [0, 0.1) is 17.1 Å². The van der Waals surface area contributed by atoms with Gasteiger partial charge in [-0.25, -0.2) is 4.39 Å². The molecule has 102 valence electrons. The zero-order valence-corrected chi connectivity index (χ0v) is 12.2. The van der Waals surface area contributed by atoms with Gasteiger partial charge in [-0.05, 0) is 45.8 Å². The molecule has 0 amide bonds. The quantitative estimate of drug-likeness (QED) is 0.930. The second-order valence-corrected chi connectivity index (χ2v) is 5.03. The van der Waals surface area contributed by atoms with Crippen LogP contribution in [0.1, 0.15) is 16.7 Å². The summed E-state index contributed by atoms with van der Waals surface area (Å²) < 4.78 is 20.0. The van der Waals surface area contributed by atoms with Crippen molar-refractivity contribution in [3.63, 3.8) is 0 Å². The molecule has 3 nitrogen and oxygen atoms in total. The van der Waals surface area contributed by atoms with Crippen LogP contribution in [-0.4, -0.2) is 0 Å². The molecular formula is C15H12BrFN2O. The van der Waals surface area contributed by atoms with E-state index in [1.807, 2.05) is 18.2 Å². The molecule has 2 N–H and O–H groups in total. The van der Waals surface area contributed by atoms with Crippen LogP contribution in [0.5, 0.6) is 5.75 Å². The fraction of sp³-hybridized carbons (Fsp3) is 0.133. The molecule has 0 aliphatic carbocycles. The minimum Gasteiger partial charge on any atom is -0.488 e. The van der Waals surface area contributed by atoms with Gasteiger partial charge in [0, 0.05) is 12.1 Å². The topological polar surface area (TPSA) is 59.0 Å². The highest BCUT2D eigenvalue weighted by Crippen LogP contribution is 2.27. The van der Waals surface area contributed by atoms with E-state index in [2.05, 4.69) is 15.9 Å². The van der Waals surface area contributed by atoms with Crippen molar-refractivity contribution in [2.45, 2.75) is 13.2 Å². The van der Waals surface area contributed by atoms with E-state index in [-0.39, 0.29) is 6.61 Å². The normalized spacial score (nSPS) is 10.1. The summed E-state index contributed by atoms with van der Waals surface area (Å²) in [5.74, 6) is 0.171. The van der Waals surface area contributed by atoms with Crippen LogP contribution >= 0.6 is 15.9 Å². The second kappa shape index (κ2) is 6.51. The average Bonchev–Trinajstić information content (AvgIpc) is 2.46. The van der Waals surface area contributed by atoms with Crippen molar-refractivity contribution in [2.75, 3.05) is 0 Å². The summed E-state index contributed by atoms with van der Waals surface area (Å²) >= 11 is 3.39. The van der Waals surface area contributed by atoms with Crippen molar-refractivity contribution < 1.29 is 9.13 Å². The van der Waals surface area contributed by atoms with Crippen molar-refractivity contribution >= 4 is 15.9 Å². The fourth-order valence-electron chi connectivity index (χ4n) is 1.68. The van der Waals surface area contributed by atoms with E-state index in [1.165, 1.54) is 6.07 Å². The first-order chi connectivity index (χ1) is 9.63. The first kappa shape index (κ1) is 14.5. The third-order valence-electron chi connectivity index (χ3n) is 2.80. The van der Waals surface area contributed by atoms with E-state index in [9.17, 15) is 4.39 Å². The van der Waals surface area contributed by atoms with Gasteiger partial charge >= 0.3 is 0 Å². The third kappa shape index (κ3) is 3.35. The molecule has 0 saturated heterocycles. The smallest absolute Gasteiger partial charge is 0.134 e. The lowest BCUT2D eigenvalue weighted by Gasteiger charge is -2.10. The van der Waals surface area contributed by atoms with Gasteiger partial charge in [0.1, 0.15) is 18.2 Å². The zero-order chi connectivity index (χ0) is 14.5. The van der Waals surface area contributed by atoms with E-state index in [4.69, 9.17) is 15.7 Å². The molecule has 0 unspecified atom stereocenters. The summed E-state index contributed by atoms with van der Waals surface area (Å²) in [7, 11) is 0. The third-order valence-corrected chi connectivity index (χ3v) is 3.42. The van der Waals surface area contributed by atoms with E-state index >= 15 is 0 Å². The van der Waals surface area contributed by atoms with Crippen molar-refractivity contribution in [1.82, 2.24) is 0 Å². The number of rotatable bonds is 4. The minimum absolute atomic E-state index is 0.0954.